The number of aromatic amines is 1. The van der Waals surface area contributed by atoms with Gasteiger partial charge in [-0.25, -0.2) is 4.98 Å². The zero-order valence-electron chi connectivity index (χ0n) is 13.0. The smallest absolute Gasteiger partial charge is 0.260 e. The standard InChI is InChI=1S/C16H22N4O2/c1-11-9-20(10-12(2)22-11)8-7-17-16-18-14-6-4-3-5-13(14)15(21)19-16/h3-6,11-12H,7-10H2,1-2H3,(H2,17,18,19,21)/t11-,12-/m1/s1. The van der Waals surface area contributed by atoms with E-state index < -0.39 is 0 Å². The molecule has 0 bridgehead atoms. The Balaban J connectivity index is 1.61. The van der Waals surface area contributed by atoms with Gasteiger partial charge in [0, 0.05) is 26.2 Å². The van der Waals surface area contributed by atoms with Crippen LogP contribution in [0.15, 0.2) is 29.1 Å². The molecule has 1 aromatic carbocycles. The summed E-state index contributed by atoms with van der Waals surface area (Å²) in [5.74, 6) is 0.526. The van der Waals surface area contributed by atoms with Gasteiger partial charge in [-0.15, -0.1) is 0 Å². The molecule has 1 aromatic heterocycles. The largest absolute Gasteiger partial charge is 0.373 e. The van der Waals surface area contributed by atoms with E-state index in [0.717, 1.165) is 26.2 Å². The molecule has 0 unspecified atom stereocenters. The lowest BCUT2D eigenvalue weighted by molar-refractivity contribution is -0.0667. The first-order chi connectivity index (χ1) is 10.6. The Morgan fingerprint density at radius 2 is 2.05 bits per heavy atom. The van der Waals surface area contributed by atoms with Crippen LogP contribution < -0.4 is 10.9 Å². The summed E-state index contributed by atoms with van der Waals surface area (Å²) >= 11 is 0. The maximum absolute atomic E-state index is 12.0. The molecule has 2 atom stereocenters. The van der Waals surface area contributed by atoms with Crippen molar-refractivity contribution in [2.45, 2.75) is 26.1 Å². The average molecular weight is 302 g/mol. The highest BCUT2D eigenvalue weighted by Gasteiger charge is 2.21. The van der Waals surface area contributed by atoms with Crippen LogP contribution in [0.1, 0.15) is 13.8 Å². The van der Waals surface area contributed by atoms with Crippen LogP contribution in [0.2, 0.25) is 0 Å². The zero-order chi connectivity index (χ0) is 15.5. The monoisotopic (exact) mass is 302 g/mol. The van der Waals surface area contributed by atoms with Crippen LogP contribution in [0.3, 0.4) is 0 Å². The minimum Gasteiger partial charge on any atom is -0.373 e. The van der Waals surface area contributed by atoms with Crippen molar-refractivity contribution < 1.29 is 4.74 Å². The predicted molar refractivity (Wildman–Crippen MR) is 87.3 cm³/mol. The van der Waals surface area contributed by atoms with Gasteiger partial charge in [-0.1, -0.05) is 12.1 Å². The third-order valence-electron chi connectivity index (χ3n) is 3.83. The van der Waals surface area contributed by atoms with E-state index in [0.29, 0.717) is 16.9 Å². The summed E-state index contributed by atoms with van der Waals surface area (Å²) in [4.78, 5) is 21.6. The Bertz CT molecular complexity index is 690. The van der Waals surface area contributed by atoms with Gasteiger partial charge in [0.15, 0.2) is 0 Å². The van der Waals surface area contributed by atoms with Gasteiger partial charge in [-0.05, 0) is 26.0 Å². The van der Waals surface area contributed by atoms with Crippen LogP contribution in [0.25, 0.3) is 10.9 Å². The topological polar surface area (TPSA) is 70.2 Å². The number of rotatable bonds is 4. The van der Waals surface area contributed by atoms with Crippen molar-refractivity contribution in [1.82, 2.24) is 14.9 Å². The van der Waals surface area contributed by atoms with E-state index in [4.69, 9.17) is 4.74 Å². The van der Waals surface area contributed by atoms with E-state index >= 15 is 0 Å². The summed E-state index contributed by atoms with van der Waals surface area (Å²) in [7, 11) is 0. The van der Waals surface area contributed by atoms with Crippen LogP contribution in [-0.4, -0.2) is 53.3 Å². The third-order valence-corrected chi connectivity index (χ3v) is 3.83. The third kappa shape index (κ3) is 3.45. The molecule has 1 aliphatic rings. The van der Waals surface area contributed by atoms with E-state index in [1.165, 1.54) is 0 Å². The predicted octanol–water partition coefficient (Wildman–Crippen LogP) is 1.44. The molecule has 0 aliphatic carbocycles. The van der Waals surface area contributed by atoms with Crippen molar-refractivity contribution in [3.05, 3.63) is 34.6 Å². The minimum atomic E-state index is -0.110. The van der Waals surface area contributed by atoms with Crippen LogP contribution in [-0.2, 0) is 4.74 Å². The molecule has 2 aromatic rings. The van der Waals surface area contributed by atoms with Crippen molar-refractivity contribution in [2.75, 3.05) is 31.5 Å². The lowest BCUT2D eigenvalue weighted by Gasteiger charge is -2.35. The molecule has 2 N–H and O–H groups in total. The second-order valence-corrected chi connectivity index (χ2v) is 5.88. The molecule has 6 heteroatoms. The van der Waals surface area contributed by atoms with Gasteiger partial charge in [0.1, 0.15) is 0 Å². The number of hydrogen-bond donors (Lipinski definition) is 2. The van der Waals surface area contributed by atoms with Crippen LogP contribution >= 0.6 is 0 Å². The molecule has 22 heavy (non-hydrogen) atoms. The van der Waals surface area contributed by atoms with Crippen molar-refractivity contribution in [1.29, 1.82) is 0 Å². The molecule has 1 saturated heterocycles. The summed E-state index contributed by atoms with van der Waals surface area (Å²) < 4.78 is 5.72. The number of aromatic nitrogens is 2. The van der Waals surface area contributed by atoms with E-state index in [1.54, 1.807) is 6.07 Å². The highest BCUT2D eigenvalue weighted by atomic mass is 16.5. The SMILES string of the molecule is C[C@@H]1CN(CCNc2nc3ccccc3c(=O)[nH]2)C[C@@H](C)O1. The van der Waals surface area contributed by atoms with Crippen molar-refractivity contribution in [2.24, 2.45) is 0 Å². The molecular weight excluding hydrogens is 280 g/mol. The lowest BCUT2D eigenvalue weighted by Crippen LogP contribution is -2.46. The molecule has 0 spiro atoms. The Hall–Kier alpha value is -1.92. The van der Waals surface area contributed by atoms with Gasteiger partial charge >= 0.3 is 0 Å². The second-order valence-electron chi connectivity index (χ2n) is 5.88. The van der Waals surface area contributed by atoms with E-state index in [9.17, 15) is 4.79 Å². The maximum Gasteiger partial charge on any atom is 0.260 e. The summed E-state index contributed by atoms with van der Waals surface area (Å²) in [6.45, 7) is 7.70. The molecule has 118 valence electrons. The van der Waals surface area contributed by atoms with Crippen LogP contribution in [0.4, 0.5) is 5.95 Å². The van der Waals surface area contributed by atoms with Crippen molar-refractivity contribution in [3.8, 4) is 0 Å². The average Bonchev–Trinajstić information content (AvgIpc) is 2.46. The van der Waals surface area contributed by atoms with E-state index in [1.807, 2.05) is 18.2 Å². The number of fused-ring (bicyclic) bond motifs is 1. The molecule has 1 aliphatic heterocycles. The Labute approximate surface area is 129 Å². The zero-order valence-corrected chi connectivity index (χ0v) is 13.0. The highest BCUT2D eigenvalue weighted by Crippen LogP contribution is 2.10. The normalized spacial score (nSPS) is 22.8. The minimum absolute atomic E-state index is 0.110. The molecule has 0 amide bonds. The first-order valence-corrected chi connectivity index (χ1v) is 7.72. The van der Waals surface area contributed by atoms with E-state index in [-0.39, 0.29) is 17.8 Å². The molecule has 6 nitrogen and oxygen atoms in total. The number of H-pyrrole nitrogens is 1. The fourth-order valence-electron chi connectivity index (χ4n) is 2.97. The molecule has 3 rings (SSSR count). The molecule has 1 fully saturated rings. The van der Waals surface area contributed by atoms with Crippen LogP contribution in [0.5, 0.6) is 0 Å². The highest BCUT2D eigenvalue weighted by molar-refractivity contribution is 5.78. The number of benzene rings is 1. The van der Waals surface area contributed by atoms with Crippen molar-refractivity contribution >= 4 is 16.9 Å². The van der Waals surface area contributed by atoms with Gasteiger partial charge in [-0.2, -0.15) is 0 Å². The van der Waals surface area contributed by atoms with Gasteiger partial charge < -0.3 is 10.1 Å². The number of nitrogens with one attached hydrogen (secondary N) is 2. The van der Waals surface area contributed by atoms with Gasteiger partial charge in [0.05, 0.1) is 23.1 Å². The van der Waals surface area contributed by atoms with Gasteiger partial charge in [-0.3, -0.25) is 14.7 Å². The Kier molecular flexibility index (Phi) is 4.40. The fraction of sp³-hybridized carbons (Fsp3) is 0.500. The molecular formula is C16H22N4O2. The number of nitrogens with zero attached hydrogens (tertiary/aromatic N) is 2. The number of anilines is 1. The molecule has 0 saturated carbocycles. The second kappa shape index (κ2) is 6.46. The summed E-state index contributed by atoms with van der Waals surface area (Å²) in [6, 6.07) is 7.35. The number of morpholine rings is 1. The Morgan fingerprint density at radius 1 is 1.32 bits per heavy atom. The number of para-hydroxylation sites is 1. The molecule has 2 heterocycles. The summed E-state index contributed by atoms with van der Waals surface area (Å²) in [6.07, 6.45) is 0.532. The lowest BCUT2D eigenvalue weighted by atomic mass is 10.2. The van der Waals surface area contributed by atoms with Crippen molar-refractivity contribution in [3.63, 3.8) is 0 Å². The van der Waals surface area contributed by atoms with E-state index in [2.05, 4.69) is 34.0 Å². The van der Waals surface area contributed by atoms with Gasteiger partial charge in [0.2, 0.25) is 5.95 Å². The van der Waals surface area contributed by atoms with Crippen LogP contribution in [0, 0.1) is 0 Å². The summed E-state index contributed by atoms with van der Waals surface area (Å²) in [5.41, 5.74) is 0.601. The maximum atomic E-state index is 12.0. The quantitative estimate of drug-likeness (QED) is 0.894. The van der Waals surface area contributed by atoms with Gasteiger partial charge in [0.25, 0.3) is 5.56 Å². The number of hydrogen-bond acceptors (Lipinski definition) is 5. The fourth-order valence-corrected chi connectivity index (χ4v) is 2.97. The summed E-state index contributed by atoms with van der Waals surface area (Å²) in [5, 5.41) is 3.82. The first kappa shape index (κ1) is 15.0. The number of ether oxygens (including phenoxy) is 1. The first-order valence-electron chi connectivity index (χ1n) is 7.72. The molecule has 0 radical (unpaired) electrons. The Morgan fingerprint density at radius 3 is 2.82 bits per heavy atom.